The molecule has 22 heteroatoms. The van der Waals surface area contributed by atoms with Gasteiger partial charge < -0.3 is 63.2 Å². The lowest BCUT2D eigenvalue weighted by Gasteiger charge is -2.26. The second kappa shape index (κ2) is 22.3. The molecule has 0 radical (unpaired) electrons. The summed E-state index contributed by atoms with van der Waals surface area (Å²) in [5.74, 6) is -6.98. The van der Waals surface area contributed by atoms with E-state index in [9.17, 15) is 48.3 Å². The van der Waals surface area contributed by atoms with Crippen LogP contribution in [0.4, 0.5) is 10.5 Å². The van der Waals surface area contributed by atoms with Crippen molar-refractivity contribution in [1.82, 2.24) is 37.2 Å². The minimum Gasteiger partial charge on any atom is -0.493 e. The zero-order chi connectivity index (χ0) is 42.2. The normalized spacial score (nSPS) is 23.2. The zero-order valence-electron chi connectivity index (χ0n) is 31.8. The summed E-state index contributed by atoms with van der Waals surface area (Å²) in [4.78, 5) is 113. The Hall–Kier alpha value is -5.64. The quantitative estimate of drug-likeness (QED) is 0.0780. The number of thioether (sulfide) groups is 1. The molecule has 2 fully saturated rings. The number of rotatable bonds is 18. The van der Waals surface area contributed by atoms with Crippen molar-refractivity contribution in [2.24, 2.45) is 5.73 Å². The van der Waals surface area contributed by atoms with Crippen molar-refractivity contribution in [3.8, 4) is 5.75 Å². The van der Waals surface area contributed by atoms with E-state index in [-0.39, 0.29) is 85.7 Å². The van der Waals surface area contributed by atoms with E-state index in [4.69, 9.17) is 15.6 Å². The number of anilines is 1. The number of hydrogen-bond acceptors (Lipinski definition) is 12. The Morgan fingerprint density at radius 2 is 1.53 bits per heavy atom. The molecule has 2 saturated heterocycles. The first-order chi connectivity index (χ1) is 27.7. The number of aliphatic carboxylic acids is 2. The zero-order valence-corrected chi connectivity index (χ0v) is 32.6. The van der Waals surface area contributed by atoms with Crippen LogP contribution in [-0.4, -0.2) is 125 Å². The molecule has 0 unspecified atom stereocenters. The molecular formula is C36H51N9O12S. The Kier molecular flexibility index (Phi) is 17.4. The van der Waals surface area contributed by atoms with E-state index in [2.05, 4.69) is 42.5 Å². The summed E-state index contributed by atoms with van der Waals surface area (Å²) in [5, 5.41) is 39.6. The van der Waals surface area contributed by atoms with Crippen molar-refractivity contribution in [3.05, 3.63) is 23.8 Å². The molecule has 1 aromatic rings. The van der Waals surface area contributed by atoms with E-state index in [0.717, 1.165) is 19.3 Å². The molecule has 0 aliphatic carbocycles. The molecule has 0 bridgehead atoms. The molecule has 0 saturated carbocycles. The highest BCUT2D eigenvalue weighted by atomic mass is 32.2. The summed E-state index contributed by atoms with van der Waals surface area (Å²) in [6.45, 7) is -1.09. The summed E-state index contributed by atoms with van der Waals surface area (Å²) in [7, 11) is 0. The predicted octanol–water partition coefficient (Wildman–Crippen LogP) is -1.14. The Labute approximate surface area is 337 Å². The molecule has 0 aromatic heterocycles. The van der Waals surface area contributed by atoms with Gasteiger partial charge in [-0.1, -0.05) is 6.42 Å². The van der Waals surface area contributed by atoms with Gasteiger partial charge in [0.1, 0.15) is 30.4 Å². The molecule has 1 aromatic carbocycles. The van der Waals surface area contributed by atoms with Gasteiger partial charge in [0, 0.05) is 30.2 Å². The van der Waals surface area contributed by atoms with E-state index >= 15 is 0 Å². The first-order valence-corrected chi connectivity index (χ1v) is 20.1. The fourth-order valence-electron chi connectivity index (χ4n) is 6.52. The summed E-state index contributed by atoms with van der Waals surface area (Å²) < 4.78 is 5.84. The Morgan fingerprint density at radius 1 is 0.793 bits per heavy atom. The van der Waals surface area contributed by atoms with Crippen LogP contribution in [-0.2, 0) is 33.6 Å². The third-order valence-corrected chi connectivity index (χ3v) is 11.1. The number of unbranched alkanes of at least 4 members (excludes halogenated alkanes) is 2. The number of hydrogen-bond donors (Lipinski definition) is 11. The van der Waals surface area contributed by atoms with E-state index in [1.165, 1.54) is 18.2 Å². The molecule has 21 nitrogen and oxygen atoms in total. The van der Waals surface area contributed by atoms with Gasteiger partial charge in [-0.2, -0.15) is 0 Å². The highest BCUT2D eigenvalue weighted by Crippen LogP contribution is 2.37. The molecule has 3 heterocycles. The maximum absolute atomic E-state index is 13.8. The first-order valence-electron chi connectivity index (χ1n) is 19.1. The maximum Gasteiger partial charge on any atom is 0.322 e. The standard InChI is InChI=1S/C36H51N9O12S/c37-13-4-3-6-22-33(54)43-24(32(53)39-18-30(50)51)12-14-57-26-10-8-19(15-21(26)31(52)41-23(34(55)42-22)9-11-29(48)49)40-28(47)17-38-27(46)7-2-1-5-20-16-25-35(58-20)45-36(56)44-25/h8,10,15,20,22-25,35H,1-7,9,11-14,16-18,37H2,(H,38,46)(H,39,53)(H,40,47)(H,41,52)(H,42,55)(H,43,54)(H,48,49)(H,50,51)(H2,44,45,56)/t20-,22-,23-,24-,25+,35-/m0/s1. The minimum absolute atomic E-state index is 0.0610. The highest BCUT2D eigenvalue weighted by Gasteiger charge is 2.41. The maximum atomic E-state index is 13.8. The monoisotopic (exact) mass is 833 g/mol. The number of amides is 8. The summed E-state index contributed by atoms with van der Waals surface area (Å²) in [5.41, 5.74) is 5.54. The minimum atomic E-state index is -1.46. The number of fused-ring (bicyclic) bond motifs is 2. The fraction of sp³-hybridized carbons (Fsp3) is 0.583. The van der Waals surface area contributed by atoms with Crippen molar-refractivity contribution in [3.63, 3.8) is 0 Å². The number of benzene rings is 1. The number of carboxylic acid groups (broad SMARTS) is 2. The van der Waals surface area contributed by atoms with Crippen LogP contribution < -0.4 is 53.0 Å². The van der Waals surface area contributed by atoms with Gasteiger partial charge in [0.15, 0.2) is 0 Å². The van der Waals surface area contributed by atoms with Gasteiger partial charge in [-0.05, 0) is 69.7 Å². The van der Waals surface area contributed by atoms with Crippen molar-refractivity contribution < 1.29 is 58.1 Å². The molecule has 3 aliphatic heterocycles. The first kappa shape index (κ1) is 45.1. The highest BCUT2D eigenvalue weighted by molar-refractivity contribution is 8.00. The van der Waals surface area contributed by atoms with Gasteiger partial charge in [-0.15, -0.1) is 11.8 Å². The van der Waals surface area contributed by atoms with Crippen LogP contribution in [0.5, 0.6) is 5.75 Å². The summed E-state index contributed by atoms with van der Waals surface area (Å²) >= 11 is 1.72. The van der Waals surface area contributed by atoms with Gasteiger partial charge in [0.2, 0.25) is 29.5 Å². The molecule has 8 amide bonds. The second-order valence-corrected chi connectivity index (χ2v) is 15.5. The number of carboxylic acids is 2. The topological polar surface area (TPSA) is 326 Å². The third kappa shape index (κ3) is 14.4. The number of nitrogens with one attached hydrogen (secondary N) is 8. The Bertz CT molecular complexity index is 1700. The molecule has 3 aliphatic rings. The van der Waals surface area contributed by atoms with Gasteiger partial charge in [-0.25, -0.2) is 4.79 Å². The van der Waals surface area contributed by atoms with Crippen LogP contribution in [0.1, 0.15) is 81.0 Å². The Balaban J connectivity index is 1.43. The molecule has 318 valence electrons. The SMILES string of the molecule is NCCCC[C@@H]1NC(=O)[C@H](CCC(=O)O)NC(=O)c2cc(NC(=O)CNC(=O)CCCC[C@H]3C[C@H]4NC(=O)N[C@H]4S3)ccc2OCC[C@@H](C(=O)NCC(=O)O)NC1=O. The van der Waals surface area contributed by atoms with E-state index in [1.54, 1.807) is 11.8 Å². The Morgan fingerprint density at radius 3 is 2.26 bits per heavy atom. The van der Waals surface area contributed by atoms with Crippen LogP contribution in [0.25, 0.3) is 0 Å². The lowest BCUT2D eigenvalue weighted by Crippen LogP contribution is -2.57. The smallest absolute Gasteiger partial charge is 0.322 e. The molecular weight excluding hydrogens is 783 g/mol. The number of carbonyl (C=O) groups excluding carboxylic acids is 7. The van der Waals surface area contributed by atoms with E-state index in [1.807, 2.05) is 0 Å². The fourth-order valence-corrected chi connectivity index (χ4v) is 8.10. The largest absolute Gasteiger partial charge is 0.493 e. The van der Waals surface area contributed by atoms with Crippen LogP contribution in [0.3, 0.4) is 0 Å². The average Bonchev–Trinajstić information content (AvgIpc) is 3.72. The average molecular weight is 834 g/mol. The summed E-state index contributed by atoms with van der Waals surface area (Å²) in [6.07, 6.45) is 3.22. The third-order valence-electron chi connectivity index (χ3n) is 9.50. The number of carbonyl (C=O) groups is 9. The van der Waals surface area contributed by atoms with Crippen LogP contribution in [0.2, 0.25) is 0 Å². The molecule has 0 spiro atoms. The van der Waals surface area contributed by atoms with Gasteiger partial charge >= 0.3 is 18.0 Å². The van der Waals surface area contributed by atoms with Gasteiger partial charge in [0.25, 0.3) is 5.91 Å². The lowest BCUT2D eigenvalue weighted by molar-refractivity contribution is -0.139. The van der Waals surface area contributed by atoms with Crippen LogP contribution in [0, 0.1) is 0 Å². The molecule has 12 N–H and O–H groups in total. The number of ether oxygens (including phenoxy) is 1. The van der Waals surface area contributed by atoms with Gasteiger partial charge in [-0.3, -0.25) is 38.4 Å². The second-order valence-electron chi connectivity index (χ2n) is 14.0. The van der Waals surface area contributed by atoms with Crippen molar-refractivity contribution in [2.75, 3.05) is 31.6 Å². The predicted molar refractivity (Wildman–Crippen MR) is 207 cm³/mol. The van der Waals surface area contributed by atoms with Crippen molar-refractivity contribution in [1.29, 1.82) is 0 Å². The van der Waals surface area contributed by atoms with Gasteiger partial charge in [0.05, 0.1) is 30.1 Å². The van der Waals surface area contributed by atoms with E-state index < -0.39 is 72.6 Å². The van der Waals surface area contributed by atoms with Crippen LogP contribution in [0.15, 0.2) is 18.2 Å². The summed E-state index contributed by atoms with van der Waals surface area (Å²) in [6, 6.07) is -0.0525. The van der Waals surface area contributed by atoms with Crippen molar-refractivity contribution >= 4 is 70.9 Å². The van der Waals surface area contributed by atoms with Crippen molar-refractivity contribution in [2.45, 2.75) is 105 Å². The molecule has 58 heavy (non-hydrogen) atoms. The number of urea groups is 1. The molecule has 6 atom stereocenters. The van der Waals surface area contributed by atoms with E-state index in [0.29, 0.717) is 24.5 Å². The molecule has 4 rings (SSSR count). The van der Waals surface area contributed by atoms with Crippen LogP contribution >= 0.6 is 11.8 Å². The lowest BCUT2D eigenvalue weighted by atomic mass is 10.0. The number of nitrogens with two attached hydrogens (primary N) is 1.